The molecule has 1 atom stereocenters. The molecular formula is C24H23F6N7O. The van der Waals surface area contributed by atoms with Crippen LogP contribution in [-0.2, 0) is 29.9 Å². The maximum atomic E-state index is 13.6. The Hall–Kier alpha value is -3.68. The first kappa shape index (κ1) is 25.9. The molecule has 3 aromatic heterocycles. The van der Waals surface area contributed by atoms with Crippen molar-refractivity contribution in [3.63, 3.8) is 0 Å². The van der Waals surface area contributed by atoms with E-state index in [9.17, 15) is 26.3 Å². The van der Waals surface area contributed by atoms with E-state index < -0.39 is 23.5 Å². The van der Waals surface area contributed by atoms with Crippen LogP contribution in [-0.4, -0.2) is 52.3 Å². The number of hydrogen-bond acceptors (Lipinski definition) is 8. The summed E-state index contributed by atoms with van der Waals surface area (Å²) in [5.41, 5.74) is -0.456. The van der Waals surface area contributed by atoms with Gasteiger partial charge < -0.3 is 20.3 Å². The lowest BCUT2D eigenvalue weighted by atomic mass is 10.1. The molecule has 5 rings (SSSR count). The van der Waals surface area contributed by atoms with Gasteiger partial charge in [-0.05, 0) is 37.1 Å². The van der Waals surface area contributed by atoms with Crippen LogP contribution >= 0.6 is 0 Å². The topological polar surface area (TPSA) is 88.1 Å². The number of fused-ring (bicyclic) bond motifs is 1. The Morgan fingerprint density at radius 1 is 0.947 bits per heavy atom. The monoisotopic (exact) mass is 539 g/mol. The molecule has 202 valence electrons. The third-order valence-electron chi connectivity index (χ3n) is 6.33. The minimum absolute atomic E-state index is 0.0183. The SMILES string of the molecule is FC(F)(F)c1ccc(Nc2nc(N[C@@H]3CCOC3)nc3c2CCN(c2ncccc2C(F)(F)F)CC3)nc1. The number of nitrogens with zero attached hydrogens (tertiary/aromatic N) is 5. The van der Waals surface area contributed by atoms with Crippen LogP contribution in [0.1, 0.15) is 28.8 Å². The zero-order chi connectivity index (χ0) is 26.9. The summed E-state index contributed by atoms with van der Waals surface area (Å²) in [6.07, 6.45) is -5.73. The summed E-state index contributed by atoms with van der Waals surface area (Å²) in [7, 11) is 0. The summed E-state index contributed by atoms with van der Waals surface area (Å²) in [4.78, 5) is 18.6. The van der Waals surface area contributed by atoms with Gasteiger partial charge in [-0.25, -0.2) is 15.0 Å². The molecule has 14 heteroatoms. The van der Waals surface area contributed by atoms with Crippen LogP contribution in [0.5, 0.6) is 0 Å². The van der Waals surface area contributed by atoms with Gasteiger partial charge in [-0.1, -0.05) is 0 Å². The smallest absolute Gasteiger partial charge is 0.379 e. The normalized spacial score (nSPS) is 18.2. The molecule has 0 amide bonds. The van der Waals surface area contributed by atoms with Gasteiger partial charge in [0.25, 0.3) is 0 Å². The van der Waals surface area contributed by atoms with E-state index in [2.05, 4.69) is 30.6 Å². The van der Waals surface area contributed by atoms with Crippen LogP contribution in [0.15, 0.2) is 36.7 Å². The van der Waals surface area contributed by atoms with Crippen molar-refractivity contribution in [1.82, 2.24) is 19.9 Å². The molecule has 0 aromatic carbocycles. The lowest BCUT2D eigenvalue weighted by molar-refractivity contribution is -0.138. The third kappa shape index (κ3) is 5.74. The Morgan fingerprint density at radius 3 is 2.45 bits per heavy atom. The molecule has 0 radical (unpaired) electrons. The average Bonchev–Trinajstić information content (AvgIpc) is 3.28. The van der Waals surface area contributed by atoms with E-state index in [-0.39, 0.29) is 43.1 Å². The van der Waals surface area contributed by atoms with Gasteiger partial charge in [-0.2, -0.15) is 31.3 Å². The van der Waals surface area contributed by atoms with E-state index >= 15 is 0 Å². The van der Waals surface area contributed by atoms with Gasteiger partial charge in [0.1, 0.15) is 17.5 Å². The van der Waals surface area contributed by atoms with Gasteiger partial charge >= 0.3 is 12.4 Å². The second-order valence-corrected chi connectivity index (χ2v) is 8.94. The van der Waals surface area contributed by atoms with Gasteiger partial charge in [0.15, 0.2) is 0 Å². The molecule has 38 heavy (non-hydrogen) atoms. The predicted molar refractivity (Wildman–Crippen MR) is 126 cm³/mol. The van der Waals surface area contributed by atoms with Gasteiger partial charge in [-0.15, -0.1) is 0 Å². The van der Waals surface area contributed by atoms with Crippen molar-refractivity contribution in [3.05, 3.63) is 59.0 Å². The number of rotatable bonds is 5. The summed E-state index contributed by atoms with van der Waals surface area (Å²) in [6, 6.07) is 4.33. The minimum Gasteiger partial charge on any atom is -0.379 e. The highest BCUT2D eigenvalue weighted by molar-refractivity contribution is 5.61. The van der Waals surface area contributed by atoms with Crippen LogP contribution < -0.4 is 15.5 Å². The molecule has 5 heterocycles. The van der Waals surface area contributed by atoms with E-state index in [1.165, 1.54) is 18.3 Å². The number of aromatic nitrogens is 4. The predicted octanol–water partition coefficient (Wildman–Crippen LogP) is 4.85. The maximum Gasteiger partial charge on any atom is 0.419 e. The maximum absolute atomic E-state index is 13.6. The molecule has 0 saturated carbocycles. The zero-order valence-corrected chi connectivity index (χ0v) is 19.9. The van der Waals surface area contributed by atoms with Crippen LogP contribution in [0, 0.1) is 0 Å². The first-order valence-corrected chi connectivity index (χ1v) is 11.9. The van der Waals surface area contributed by atoms with E-state index in [1.54, 1.807) is 4.90 Å². The summed E-state index contributed by atoms with van der Waals surface area (Å²) in [6.45, 7) is 1.49. The Labute approximate surface area is 213 Å². The second-order valence-electron chi connectivity index (χ2n) is 8.94. The van der Waals surface area contributed by atoms with Crippen LogP contribution in [0.4, 0.5) is 49.7 Å². The molecule has 1 fully saturated rings. The molecular weight excluding hydrogens is 516 g/mol. The molecule has 3 aromatic rings. The number of anilines is 4. The number of nitrogens with one attached hydrogen (secondary N) is 2. The molecule has 0 aliphatic carbocycles. The van der Waals surface area contributed by atoms with Gasteiger partial charge in [0.05, 0.1) is 29.5 Å². The largest absolute Gasteiger partial charge is 0.419 e. The van der Waals surface area contributed by atoms with Crippen LogP contribution in [0.25, 0.3) is 0 Å². The van der Waals surface area contributed by atoms with Crippen molar-refractivity contribution in [2.75, 3.05) is 41.8 Å². The van der Waals surface area contributed by atoms with Crippen LogP contribution in [0.2, 0.25) is 0 Å². The number of halogens is 6. The van der Waals surface area contributed by atoms with E-state index in [0.29, 0.717) is 36.7 Å². The summed E-state index contributed by atoms with van der Waals surface area (Å²) >= 11 is 0. The Morgan fingerprint density at radius 2 is 1.76 bits per heavy atom. The van der Waals surface area contributed by atoms with Gasteiger partial charge in [0.2, 0.25) is 5.95 Å². The van der Waals surface area contributed by atoms with Crippen molar-refractivity contribution in [1.29, 1.82) is 0 Å². The fourth-order valence-corrected chi connectivity index (χ4v) is 4.44. The number of alkyl halides is 6. The molecule has 2 aliphatic rings. The van der Waals surface area contributed by atoms with E-state index in [1.807, 2.05) is 0 Å². The molecule has 0 bridgehead atoms. The number of pyridine rings is 2. The van der Waals surface area contributed by atoms with Gasteiger partial charge in [-0.3, -0.25) is 0 Å². The molecule has 0 unspecified atom stereocenters. The zero-order valence-electron chi connectivity index (χ0n) is 19.9. The third-order valence-corrected chi connectivity index (χ3v) is 6.33. The van der Waals surface area contributed by atoms with Crippen molar-refractivity contribution >= 4 is 23.4 Å². The van der Waals surface area contributed by atoms with Crippen molar-refractivity contribution in [3.8, 4) is 0 Å². The first-order chi connectivity index (χ1) is 18.1. The Bertz CT molecular complexity index is 1280. The van der Waals surface area contributed by atoms with Gasteiger partial charge in [0, 0.05) is 44.1 Å². The fourth-order valence-electron chi connectivity index (χ4n) is 4.44. The van der Waals surface area contributed by atoms with Crippen LogP contribution in [0.3, 0.4) is 0 Å². The number of ether oxygens (including phenoxy) is 1. The summed E-state index contributed by atoms with van der Waals surface area (Å²) in [5.74, 6) is 0.582. The lowest BCUT2D eigenvalue weighted by Gasteiger charge is -2.24. The summed E-state index contributed by atoms with van der Waals surface area (Å²) in [5, 5.41) is 6.19. The molecule has 8 nitrogen and oxygen atoms in total. The molecule has 0 spiro atoms. The highest BCUT2D eigenvalue weighted by Gasteiger charge is 2.36. The molecule has 1 saturated heterocycles. The van der Waals surface area contributed by atoms with Crippen molar-refractivity contribution < 1.29 is 31.1 Å². The quantitative estimate of drug-likeness (QED) is 0.445. The highest BCUT2D eigenvalue weighted by Crippen LogP contribution is 2.36. The molecule has 2 N–H and O–H groups in total. The van der Waals surface area contributed by atoms with Crippen molar-refractivity contribution in [2.24, 2.45) is 0 Å². The van der Waals surface area contributed by atoms with E-state index in [0.717, 1.165) is 24.8 Å². The Balaban J connectivity index is 1.45. The van der Waals surface area contributed by atoms with Crippen molar-refractivity contribution in [2.45, 2.75) is 37.7 Å². The number of hydrogen-bond donors (Lipinski definition) is 2. The highest BCUT2D eigenvalue weighted by atomic mass is 19.4. The first-order valence-electron chi connectivity index (χ1n) is 11.9. The minimum atomic E-state index is -4.57. The molecule has 2 aliphatic heterocycles. The average molecular weight is 539 g/mol. The Kier molecular flexibility index (Phi) is 6.99. The standard InChI is InChI=1S/C24H23F6N7O/c25-23(26,27)14-3-4-19(32-12-14)35-20-16-5-9-37(21-17(24(28,29)30)2-1-8-31-21)10-6-18(16)34-22(36-20)33-15-7-11-38-13-15/h1-4,8,12,15H,5-7,9-11,13H2,(H2,32,33,34,35,36)/t15-/m1/s1. The lowest BCUT2D eigenvalue weighted by Crippen LogP contribution is -2.29. The fraction of sp³-hybridized carbons (Fsp3) is 0.417. The second kappa shape index (κ2) is 10.2. The van der Waals surface area contributed by atoms with E-state index in [4.69, 9.17) is 4.74 Å². The summed E-state index contributed by atoms with van der Waals surface area (Å²) < 4.78 is 85.2.